The second kappa shape index (κ2) is 5.88. The molecule has 2 aromatic rings. The van der Waals surface area contributed by atoms with E-state index in [9.17, 15) is 19.2 Å². The summed E-state index contributed by atoms with van der Waals surface area (Å²) in [5.41, 5.74) is 0.399. The Morgan fingerprint density at radius 3 is 2.26 bits per heavy atom. The first-order valence-electron chi connectivity index (χ1n) is 7.00. The molecule has 0 atom stereocenters. The van der Waals surface area contributed by atoms with Crippen LogP contribution in [0.4, 0.5) is 5.69 Å². The van der Waals surface area contributed by atoms with E-state index < -0.39 is 23.3 Å². The van der Waals surface area contributed by atoms with Crippen LogP contribution in [-0.2, 0) is 4.79 Å². The van der Waals surface area contributed by atoms with Crippen LogP contribution in [0, 0.1) is 0 Å². The quantitative estimate of drug-likeness (QED) is 0.823. The van der Waals surface area contributed by atoms with Gasteiger partial charge in [-0.3, -0.25) is 24.1 Å². The fraction of sp³-hybridized carbons (Fsp3) is 0.125. The lowest BCUT2D eigenvalue weighted by molar-refractivity contribution is -0.116. The van der Waals surface area contributed by atoms with E-state index in [1.807, 2.05) is 0 Å². The number of amides is 3. The summed E-state index contributed by atoms with van der Waals surface area (Å²) in [6.07, 6.45) is 1.37. The largest absolute Gasteiger partial charge is 0.327 e. The maximum atomic E-state index is 12.2. The number of anilines is 1. The Balaban J connectivity index is 1.65. The van der Waals surface area contributed by atoms with E-state index in [0.717, 1.165) is 4.90 Å². The van der Waals surface area contributed by atoms with Gasteiger partial charge in [0.2, 0.25) is 5.91 Å². The zero-order chi connectivity index (χ0) is 16.4. The number of nitrogens with zero attached hydrogens (tertiary/aromatic N) is 1. The summed E-state index contributed by atoms with van der Waals surface area (Å²) in [6, 6.07) is 9.59. The molecule has 7 heteroatoms. The van der Waals surface area contributed by atoms with Crippen LogP contribution in [-0.4, -0.2) is 34.2 Å². The number of imide groups is 1. The first-order chi connectivity index (χ1) is 11.1. The third-order valence-electron chi connectivity index (χ3n) is 3.53. The molecule has 0 aliphatic carbocycles. The molecule has 0 saturated carbocycles. The molecule has 23 heavy (non-hydrogen) atoms. The van der Waals surface area contributed by atoms with E-state index in [2.05, 4.69) is 10.3 Å². The molecule has 0 unspecified atom stereocenters. The number of hydrogen-bond donors (Lipinski definition) is 2. The van der Waals surface area contributed by atoms with E-state index in [0.29, 0.717) is 11.1 Å². The average molecular weight is 311 g/mol. The van der Waals surface area contributed by atoms with Gasteiger partial charge in [0.15, 0.2) is 0 Å². The molecule has 3 amide bonds. The van der Waals surface area contributed by atoms with Gasteiger partial charge in [-0.1, -0.05) is 12.1 Å². The normalized spacial score (nSPS) is 13.1. The molecule has 7 nitrogen and oxygen atoms in total. The molecule has 1 aliphatic rings. The lowest BCUT2D eigenvalue weighted by Crippen LogP contribution is -2.33. The Morgan fingerprint density at radius 1 is 1.00 bits per heavy atom. The average Bonchev–Trinajstić information content (AvgIpc) is 2.80. The van der Waals surface area contributed by atoms with Gasteiger partial charge in [0, 0.05) is 19.2 Å². The van der Waals surface area contributed by atoms with Gasteiger partial charge < -0.3 is 10.3 Å². The lowest BCUT2D eigenvalue weighted by Gasteiger charge is -2.13. The molecule has 3 rings (SSSR count). The molecule has 0 fully saturated rings. The molecule has 0 spiro atoms. The second-order valence-corrected chi connectivity index (χ2v) is 5.02. The zero-order valence-electron chi connectivity index (χ0n) is 12.0. The molecule has 0 bridgehead atoms. The number of fused-ring (bicyclic) bond motifs is 1. The molecule has 1 aromatic heterocycles. The van der Waals surface area contributed by atoms with Crippen LogP contribution in [0.25, 0.3) is 0 Å². The molecule has 0 saturated heterocycles. The van der Waals surface area contributed by atoms with Crippen molar-refractivity contribution >= 4 is 23.4 Å². The number of aromatic nitrogens is 1. The van der Waals surface area contributed by atoms with Gasteiger partial charge in [-0.25, -0.2) is 0 Å². The Labute approximate surface area is 130 Å². The number of hydrogen-bond acceptors (Lipinski definition) is 4. The van der Waals surface area contributed by atoms with Gasteiger partial charge in [0.25, 0.3) is 17.4 Å². The molecule has 116 valence electrons. The van der Waals surface area contributed by atoms with Crippen LogP contribution in [0.2, 0.25) is 0 Å². The summed E-state index contributed by atoms with van der Waals surface area (Å²) in [5, 5.41) is 2.45. The highest BCUT2D eigenvalue weighted by atomic mass is 16.2. The molecule has 2 heterocycles. The van der Waals surface area contributed by atoms with E-state index in [1.165, 1.54) is 12.3 Å². The number of nitrogens with one attached hydrogen (secondary N) is 2. The number of H-pyrrole nitrogens is 1. The van der Waals surface area contributed by atoms with Crippen LogP contribution in [0.1, 0.15) is 27.1 Å². The van der Waals surface area contributed by atoms with Crippen molar-refractivity contribution < 1.29 is 14.4 Å². The molecule has 1 aromatic carbocycles. The topological polar surface area (TPSA) is 99.3 Å². The van der Waals surface area contributed by atoms with Crippen molar-refractivity contribution in [1.82, 2.24) is 9.88 Å². The molecule has 0 radical (unpaired) electrons. The first-order valence-corrected chi connectivity index (χ1v) is 7.00. The van der Waals surface area contributed by atoms with Crippen LogP contribution in [0.15, 0.2) is 47.4 Å². The Morgan fingerprint density at radius 2 is 1.65 bits per heavy atom. The van der Waals surface area contributed by atoms with Crippen LogP contribution in [0.5, 0.6) is 0 Å². The van der Waals surface area contributed by atoms with Crippen molar-refractivity contribution in [2.75, 3.05) is 11.9 Å². The first kappa shape index (κ1) is 14.7. The highest BCUT2D eigenvalue weighted by molar-refractivity contribution is 6.21. The fourth-order valence-electron chi connectivity index (χ4n) is 2.39. The standard InChI is InChI=1S/C16H13N3O4/c20-13(18-12-6-3-8-17-14(12)21)7-9-19-15(22)10-4-1-2-5-11(10)16(19)23/h1-6,8H,7,9H2,(H,17,21)(H,18,20). The molecule has 2 N–H and O–H groups in total. The van der Waals surface area contributed by atoms with Gasteiger partial charge in [-0.2, -0.15) is 0 Å². The number of rotatable bonds is 4. The third kappa shape index (κ3) is 2.76. The summed E-state index contributed by atoms with van der Waals surface area (Å²) in [7, 11) is 0. The Bertz CT molecular complexity index is 821. The van der Waals surface area contributed by atoms with Gasteiger partial charge in [-0.05, 0) is 24.3 Å². The maximum Gasteiger partial charge on any atom is 0.271 e. The van der Waals surface area contributed by atoms with Crippen LogP contribution < -0.4 is 10.9 Å². The van der Waals surface area contributed by atoms with Gasteiger partial charge in [0.1, 0.15) is 5.69 Å². The van der Waals surface area contributed by atoms with Crippen molar-refractivity contribution in [1.29, 1.82) is 0 Å². The lowest BCUT2D eigenvalue weighted by atomic mass is 10.1. The number of carbonyl (C=O) groups excluding carboxylic acids is 3. The van der Waals surface area contributed by atoms with Crippen molar-refractivity contribution in [3.8, 4) is 0 Å². The van der Waals surface area contributed by atoms with Gasteiger partial charge in [-0.15, -0.1) is 0 Å². The number of pyridine rings is 1. The van der Waals surface area contributed by atoms with E-state index in [-0.39, 0.29) is 18.7 Å². The predicted molar refractivity (Wildman–Crippen MR) is 82.1 cm³/mol. The minimum Gasteiger partial charge on any atom is -0.327 e. The molecular formula is C16H13N3O4. The monoisotopic (exact) mass is 311 g/mol. The Hall–Kier alpha value is -3.22. The van der Waals surface area contributed by atoms with Crippen LogP contribution >= 0.6 is 0 Å². The predicted octanol–water partition coefficient (Wildman–Crippen LogP) is 1.000. The minimum atomic E-state index is -0.446. The minimum absolute atomic E-state index is 0.0388. The van der Waals surface area contributed by atoms with Crippen molar-refractivity contribution in [2.45, 2.75) is 6.42 Å². The zero-order valence-corrected chi connectivity index (χ0v) is 12.0. The summed E-state index contributed by atoms with van der Waals surface area (Å²) < 4.78 is 0. The van der Waals surface area contributed by atoms with Crippen molar-refractivity contribution in [3.63, 3.8) is 0 Å². The number of benzene rings is 1. The van der Waals surface area contributed by atoms with Crippen molar-refractivity contribution in [3.05, 3.63) is 64.1 Å². The Kier molecular flexibility index (Phi) is 3.76. The highest BCUT2D eigenvalue weighted by Crippen LogP contribution is 2.22. The maximum absolute atomic E-state index is 12.2. The van der Waals surface area contributed by atoms with E-state index in [4.69, 9.17) is 0 Å². The second-order valence-electron chi connectivity index (χ2n) is 5.02. The van der Waals surface area contributed by atoms with Crippen molar-refractivity contribution in [2.24, 2.45) is 0 Å². The number of carbonyl (C=O) groups is 3. The van der Waals surface area contributed by atoms with Gasteiger partial charge >= 0.3 is 0 Å². The molecule has 1 aliphatic heterocycles. The summed E-state index contributed by atoms with van der Waals surface area (Å²) in [5.74, 6) is -1.26. The smallest absolute Gasteiger partial charge is 0.271 e. The number of aromatic amines is 1. The summed E-state index contributed by atoms with van der Waals surface area (Å²) in [6.45, 7) is -0.0388. The summed E-state index contributed by atoms with van der Waals surface area (Å²) in [4.78, 5) is 51.2. The highest BCUT2D eigenvalue weighted by Gasteiger charge is 2.34. The third-order valence-corrected chi connectivity index (χ3v) is 3.53. The molecular weight excluding hydrogens is 298 g/mol. The van der Waals surface area contributed by atoms with E-state index >= 15 is 0 Å². The van der Waals surface area contributed by atoms with E-state index in [1.54, 1.807) is 30.3 Å². The van der Waals surface area contributed by atoms with Crippen LogP contribution in [0.3, 0.4) is 0 Å². The fourth-order valence-corrected chi connectivity index (χ4v) is 2.39. The summed E-state index contributed by atoms with van der Waals surface area (Å²) >= 11 is 0. The van der Waals surface area contributed by atoms with Gasteiger partial charge in [0.05, 0.1) is 11.1 Å². The SMILES string of the molecule is O=C(CCN1C(=O)c2ccccc2C1=O)Nc1ccc[nH]c1=O.